The van der Waals surface area contributed by atoms with Gasteiger partial charge < -0.3 is 15.8 Å². The largest absolute Gasteiger partial charge is 0.416 e. The Hall–Kier alpha value is -1.85. The number of nitrogens with two attached hydrogens (primary N) is 1. The normalized spacial score (nSPS) is 13.4. The second-order valence-corrected chi connectivity index (χ2v) is 6.73. The molecule has 11 heteroatoms. The van der Waals surface area contributed by atoms with Gasteiger partial charge >= 0.3 is 6.18 Å². The molecule has 0 bridgehead atoms. The molecule has 1 amide bonds. The molecule has 1 aromatic rings. The number of hydrogen-bond donors (Lipinski definition) is 3. The van der Waals surface area contributed by atoms with Crippen molar-refractivity contribution in [2.75, 3.05) is 29.9 Å². The summed E-state index contributed by atoms with van der Waals surface area (Å²) in [5.74, 6) is -0.664. The van der Waals surface area contributed by atoms with Gasteiger partial charge in [-0.25, -0.2) is 8.42 Å². The highest BCUT2D eigenvalue weighted by Gasteiger charge is 2.31. The van der Waals surface area contributed by atoms with Crippen LogP contribution in [0.5, 0.6) is 0 Å². The van der Waals surface area contributed by atoms with Gasteiger partial charge in [-0.3, -0.25) is 9.52 Å². The van der Waals surface area contributed by atoms with Gasteiger partial charge in [0.25, 0.3) is 0 Å². The fourth-order valence-electron chi connectivity index (χ4n) is 1.78. The van der Waals surface area contributed by atoms with Crippen LogP contribution in [-0.4, -0.2) is 40.3 Å². The molecular formula is C13H18F3N3O4S. The van der Waals surface area contributed by atoms with Crippen molar-refractivity contribution in [2.45, 2.75) is 18.7 Å². The van der Waals surface area contributed by atoms with E-state index in [9.17, 15) is 26.4 Å². The zero-order valence-corrected chi connectivity index (χ0v) is 13.8. The van der Waals surface area contributed by atoms with E-state index in [-0.39, 0.29) is 24.3 Å². The van der Waals surface area contributed by atoms with Crippen molar-refractivity contribution < 1.29 is 31.1 Å². The van der Waals surface area contributed by atoms with Crippen LogP contribution < -0.4 is 15.8 Å². The SMILES string of the molecule is COC(CN)CC(=O)Nc1cc(C(F)(F)F)ccc1NS(C)(=O)=O. The van der Waals surface area contributed by atoms with Gasteiger partial charge in [0.15, 0.2) is 0 Å². The highest BCUT2D eigenvalue weighted by atomic mass is 32.2. The van der Waals surface area contributed by atoms with Crippen LogP contribution in [0.1, 0.15) is 12.0 Å². The molecule has 0 radical (unpaired) electrons. The Bertz CT molecular complexity index is 688. The van der Waals surface area contributed by atoms with Crippen LogP contribution in [0.3, 0.4) is 0 Å². The lowest BCUT2D eigenvalue weighted by atomic mass is 10.1. The molecule has 1 unspecified atom stereocenters. The molecule has 0 aromatic heterocycles. The Morgan fingerprint density at radius 2 is 1.96 bits per heavy atom. The van der Waals surface area contributed by atoms with Crippen molar-refractivity contribution in [3.63, 3.8) is 0 Å². The molecule has 0 aliphatic carbocycles. The van der Waals surface area contributed by atoms with E-state index in [0.29, 0.717) is 12.1 Å². The zero-order valence-electron chi connectivity index (χ0n) is 13.0. The molecule has 136 valence electrons. The maximum absolute atomic E-state index is 12.8. The zero-order chi connectivity index (χ0) is 18.5. The molecule has 0 spiro atoms. The predicted molar refractivity (Wildman–Crippen MR) is 83.0 cm³/mol. The van der Waals surface area contributed by atoms with E-state index in [2.05, 4.69) is 5.32 Å². The maximum atomic E-state index is 12.8. The van der Waals surface area contributed by atoms with Crippen LogP contribution in [0.4, 0.5) is 24.5 Å². The molecule has 1 atom stereocenters. The summed E-state index contributed by atoms with van der Waals surface area (Å²) in [6.45, 7) is 0.0426. The molecule has 0 saturated heterocycles. The van der Waals surface area contributed by atoms with Crippen molar-refractivity contribution in [3.8, 4) is 0 Å². The fourth-order valence-corrected chi connectivity index (χ4v) is 2.36. The van der Waals surface area contributed by atoms with Crippen LogP contribution in [0, 0.1) is 0 Å². The Morgan fingerprint density at radius 3 is 2.42 bits per heavy atom. The summed E-state index contributed by atoms with van der Waals surface area (Å²) in [4.78, 5) is 11.9. The third-order valence-electron chi connectivity index (χ3n) is 2.93. The lowest BCUT2D eigenvalue weighted by Gasteiger charge is -2.17. The summed E-state index contributed by atoms with van der Waals surface area (Å²) >= 11 is 0. The molecule has 24 heavy (non-hydrogen) atoms. The molecule has 0 heterocycles. The minimum atomic E-state index is -4.64. The van der Waals surface area contributed by atoms with Crippen LogP contribution in [-0.2, 0) is 25.7 Å². The number of carbonyl (C=O) groups excluding carboxylic acids is 1. The van der Waals surface area contributed by atoms with Gasteiger partial charge in [0.05, 0.1) is 35.7 Å². The van der Waals surface area contributed by atoms with Gasteiger partial charge in [-0.05, 0) is 18.2 Å². The number of sulfonamides is 1. The van der Waals surface area contributed by atoms with Gasteiger partial charge in [0.1, 0.15) is 0 Å². The second kappa shape index (κ2) is 7.81. The first-order valence-corrected chi connectivity index (χ1v) is 8.57. The summed E-state index contributed by atoms with van der Waals surface area (Å²) in [7, 11) is -2.40. The summed E-state index contributed by atoms with van der Waals surface area (Å²) in [5.41, 5.74) is 3.85. The first-order chi connectivity index (χ1) is 11.0. The summed E-state index contributed by atoms with van der Waals surface area (Å²) in [5, 5.41) is 2.24. The van der Waals surface area contributed by atoms with Crippen LogP contribution in [0.2, 0.25) is 0 Å². The van der Waals surface area contributed by atoms with E-state index in [1.807, 2.05) is 4.72 Å². The quantitative estimate of drug-likeness (QED) is 0.672. The van der Waals surface area contributed by atoms with Gasteiger partial charge in [-0.15, -0.1) is 0 Å². The Morgan fingerprint density at radius 1 is 1.33 bits per heavy atom. The van der Waals surface area contributed by atoms with Crippen LogP contribution >= 0.6 is 0 Å². The van der Waals surface area contributed by atoms with Crippen LogP contribution in [0.15, 0.2) is 18.2 Å². The fraction of sp³-hybridized carbons (Fsp3) is 0.462. The number of halogens is 3. The van der Waals surface area contributed by atoms with E-state index < -0.39 is 33.8 Å². The van der Waals surface area contributed by atoms with Crippen molar-refractivity contribution in [1.82, 2.24) is 0 Å². The highest BCUT2D eigenvalue weighted by Crippen LogP contribution is 2.34. The lowest BCUT2D eigenvalue weighted by Crippen LogP contribution is -2.28. The number of rotatable bonds is 7. The molecule has 7 nitrogen and oxygen atoms in total. The first-order valence-electron chi connectivity index (χ1n) is 6.68. The lowest BCUT2D eigenvalue weighted by molar-refractivity contribution is -0.137. The number of hydrogen-bond acceptors (Lipinski definition) is 5. The number of alkyl halides is 3. The summed E-state index contributed by atoms with van der Waals surface area (Å²) in [6.07, 6.45) is -4.61. The highest BCUT2D eigenvalue weighted by molar-refractivity contribution is 7.92. The molecule has 0 aliphatic heterocycles. The molecule has 0 fully saturated rings. The maximum Gasteiger partial charge on any atom is 0.416 e. The third-order valence-corrected chi connectivity index (χ3v) is 3.52. The van der Waals surface area contributed by atoms with E-state index in [0.717, 1.165) is 12.3 Å². The molecular weight excluding hydrogens is 351 g/mol. The standard InChI is InChI=1S/C13H18F3N3O4S/c1-23-9(7-17)6-12(20)18-11-5-8(13(14,15)16)3-4-10(11)19-24(2,21)22/h3-5,9,19H,6-7,17H2,1-2H3,(H,18,20). The number of methoxy groups -OCH3 is 1. The number of carbonyl (C=O) groups is 1. The van der Waals surface area contributed by atoms with E-state index in [4.69, 9.17) is 10.5 Å². The summed E-state index contributed by atoms with van der Waals surface area (Å²) in [6, 6.07) is 2.28. The average molecular weight is 369 g/mol. The molecule has 1 rings (SSSR count). The average Bonchev–Trinajstić information content (AvgIpc) is 2.44. The first kappa shape index (κ1) is 20.2. The number of ether oxygens (including phenoxy) is 1. The van der Waals surface area contributed by atoms with Crippen molar-refractivity contribution in [1.29, 1.82) is 0 Å². The van der Waals surface area contributed by atoms with E-state index in [1.165, 1.54) is 7.11 Å². The number of anilines is 2. The van der Waals surface area contributed by atoms with Crippen LogP contribution in [0.25, 0.3) is 0 Å². The summed E-state index contributed by atoms with van der Waals surface area (Å²) < 4.78 is 68.0. The van der Waals surface area contributed by atoms with Crippen molar-refractivity contribution in [3.05, 3.63) is 23.8 Å². The molecule has 0 aliphatic rings. The van der Waals surface area contributed by atoms with E-state index >= 15 is 0 Å². The van der Waals surface area contributed by atoms with Gasteiger partial charge in [0.2, 0.25) is 15.9 Å². The van der Waals surface area contributed by atoms with E-state index in [1.54, 1.807) is 0 Å². The Labute approximate surface area is 137 Å². The van der Waals surface area contributed by atoms with Gasteiger partial charge in [-0.1, -0.05) is 0 Å². The predicted octanol–water partition coefficient (Wildman–Crippen LogP) is 1.38. The van der Waals surface area contributed by atoms with Crippen molar-refractivity contribution >= 4 is 27.3 Å². The minimum absolute atomic E-state index is 0.0426. The minimum Gasteiger partial charge on any atom is -0.380 e. The Kier molecular flexibility index (Phi) is 6.58. The number of benzene rings is 1. The van der Waals surface area contributed by atoms with Gasteiger partial charge in [0, 0.05) is 13.7 Å². The number of amides is 1. The molecule has 1 aromatic carbocycles. The monoisotopic (exact) mass is 369 g/mol. The number of nitrogens with one attached hydrogen (secondary N) is 2. The van der Waals surface area contributed by atoms with Crippen molar-refractivity contribution in [2.24, 2.45) is 5.73 Å². The second-order valence-electron chi connectivity index (χ2n) is 4.98. The van der Waals surface area contributed by atoms with Gasteiger partial charge in [-0.2, -0.15) is 13.2 Å². The Balaban J connectivity index is 3.13. The topological polar surface area (TPSA) is 111 Å². The molecule has 0 saturated carbocycles. The molecule has 4 N–H and O–H groups in total. The third kappa shape index (κ3) is 6.34. The smallest absolute Gasteiger partial charge is 0.380 e.